The van der Waals surface area contributed by atoms with Gasteiger partial charge in [-0.05, 0) is 40.5 Å². The van der Waals surface area contributed by atoms with Crippen molar-refractivity contribution >= 4 is 11.4 Å². The Labute approximate surface area is 105 Å². The number of nitrogen functional groups attached to an aromatic ring is 2. The van der Waals surface area contributed by atoms with Gasteiger partial charge in [-0.1, -0.05) is 13.8 Å². The second-order valence-corrected chi connectivity index (χ2v) is 5.50. The van der Waals surface area contributed by atoms with E-state index in [9.17, 15) is 0 Å². The van der Waals surface area contributed by atoms with E-state index in [1.54, 1.807) is 6.07 Å². The molecule has 6 nitrogen and oxygen atoms in total. The number of rotatable bonds is 2. The maximum Gasteiger partial charge on any atom is 0.184 e. The summed E-state index contributed by atoms with van der Waals surface area (Å²) >= 11 is 0. The lowest BCUT2D eigenvalue weighted by Crippen LogP contribution is -2.06. The molecule has 1 aromatic heterocycles. The minimum Gasteiger partial charge on any atom is -0.399 e. The lowest BCUT2D eigenvalue weighted by atomic mass is 10.1. The van der Waals surface area contributed by atoms with Crippen LogP contribution in [0, 0.1) is 5.41 Å². The number of hydrogen-bond donors (Lipinski definition) is 2. The molecule has 1 aliphatic rings. The molecule has 1 fully saturated rings. The summed E-state index contributed by atoms with van der Waals surface area (Å²) in [7, 11) is 0. The van der Waals surface area contributed by atoms with Crippen molar-refractivity contribution in [2.24, 2.45) is 5.41 Å². The van der Waals surface area contributed by atoms with Gasteiger partial charge in [-0.25, -0.2) is 4.68 Å². The topological polar surface area (TPSA) is 95.6 Å². The molecule has 18 heavy (non-hydrogen) atoms. The summed E-state index contributed by atoms with van der Waals surface area (Å²) in [4.78, 5) is 0. The number of nitrogens with two attached hydrogens (primary N) is 2. The van der Waals surface area contributed by atoms with E-state index in [1.165, 1.54) is 0 Å². The lowest BCUT2D eigenvalue weighted by molar-refractivity contribution is 0.497. The van der Waals surface area contributed by atoms with Crippen molar-refractivity contribution in [2.75, 3.05) is 11.5 Å². The first kappa shape index (κ1) is 11.0. The monoisotopic (exact) mass is 244 g/mol. The van der Waals surface area contributed by atoms with Crippen LogP contribution in [0.5, 0.6) is 0 Å². The molecule has 94 valence electrons. The van der Waals surface area contributed by atoms with Gasteiger partial charge in [0.25, 0.3) is 0 Å². The van der Waals surface area contributed by atoms with Crippen LogP contribution in [0.4, 0.5) is 11.4 Å². The van der Waals surface area contributed by atoms with Crippen molar-refractivity contribution in [3.63, 3.8) is 0 Å². The predicted octanol–water partition coefficient (Wildman–Crippen LogP) is 1.48. The number of nitrogens with zero attached hydrogens (tertiary/aromatic N) is 4. The van der Waals surface area contributed by atoms with Crippen LogP contribution in [-0.4, -0.2) is 20.2 Å². The van der Waals surface area contributed by atoms with Crippen LogP contribution < -0.4 is 11.5 Å². The fraction of sp³-hybridized carbons (Fsp3) is 0.417. The second-order valence-electron chi connectivity index (χ2n) is 5.50. The van der Waals surface area contributed by atoms with Crippen LogP contribution >= 0.6 is 0 Å². The Bertz CT molecular complexity index is 600. The lowest BCUT2D eigenvalue weighted by Gasteiger charge is -2.08. The van der Waals surface area contributed by atoms with E-state index in [4.69, 9.17) is 11.5 Å². The molecule has 0 bridgehead atoms. The van der Waals surface area contributed by atoms with Crippen LogP contribution in [0.25, 0.3) is 11.4 Å². The fourth-order valence-corrected chi connectivity index (χ4v) is 2.22. The van der Waals surface area contributed by atoms with Gasteiger partial charge in [0.05, 0.1) is 6.04 Å². The molecule has 1 atom stereocenters. The highest BCUT2D eigenvalue weighted by molar-refractivity contribution is 5.74. The third-order valence-corrected chi connectivity index (χ3v) is 3.57. The maximum absolute atomic E-state index is 5.98. The average Bonchev–Trinajstić information content (AvgIpc) is 2.74. The zero-order chi connectivity index (χ0) is 12.9. The highest BCUT2D eigenvalue weighted by Gasteiger charge is 2.49. The standard InChI is InChI=1S/C12H16N6/c1-12(2)6-10(12)18-11(15-16-17-18)8-4-3-7(13)5-9(8)14/h3-5,10H,6,13-14H2,1-2H3. The summed E-state index contributed by atoms with van der Waals surface area (Å²) in [6, 6.07) is 5.75. The highest BCUT2D eigenvalue weighted by atomic mass is 15.6. The minimum absolute atomic E-state index is 0.257. The summed E-state index contributed by atoms with van der Waals surface area (Å²) in [5.74, 6) is 0.711. The van der Waals surface area contributed by atoms with E-state index < -0.39 is 0 Å². The van der Waals surface area contributed by atoms with Crippen molar-refractivity contribution in [1.82, 2.24) is 20.2 Å². The first-order valence-electron chi connectivity index (χ1n) is 5.92. The number of aromatic nitrogens is 4. The SMILES string of the molecule is CC1(C)CC1n1nnnc1-c1ccc(N)cc1N. The molecule has 1 heterocycles. The molecule has 1 unspecified atom stereocenters. The van der Waals surface area contributed by atoms with Crippen LogP contribution in [0.1, 0.15) is 26.3 Å². The Balaban J connectivity index is 2.05. The molecular weight excluding hydrogens is 228 g/mol. The quantitative estimate of drug-likeness (QED) is 0.780. The van der Waals surface area contributed by atoms with Gasteiger partial charge in [0, 0.05) is 16.9 Å². The highest BCUT2D eigenvalue weighted by Crippen LogP contribution is 2.55. The first-order valence-corrected chi connectivity index (χ1v) is 5.92. The van der Waals surface area contributed by atoms with Gasteiger partial charge in [-0.3, -0.25) is 0 Å². The van der Waals surface area contributed by atoms with Gasteiger partial charge < -0.3 is 11.5 Å². The smallest absolute Gasteiger partial charge is 0.184 e. The Morgan fingerprint density at radius 3 is 2.67 bits per heavy atom. The Morgan fingerprint density at radius 2 is 2.06 bits per heavy atom. The van der Waals surface area contributed by atoms with Crippen molar-refractivity contribution in [1.29, 1.82) is 0 Å². The number of tetrazole rings is 1. The largest absolute Gasteiger partial charge is 0.399 e. The maximum atomic E-state index is 5.98. The summed E-state index contributed by atoms with van der Waals surface area (Å²) < 4.78 is 1.86. The van der Waals surface area contributed by atoms with Crippen molar-refractivity contribution in [2.45, 2.75) is 26.3 Å². The van der Waals surface area contributed by atoms with Gasteiger partial charge in [-0.2, -0.15) is 0 Å². The summed E-state index contributed by atoms with van der Waals surface area (Å²) in [6.07, 6.45) is 1.08. The Hall–Kier alpha value is -2.11. The van der Waals surface area contributed by atoms with E-state index in [0.29, 0.717) is 23.2 Å². The normalized spacial score (nSPS) is 20.9. The Kier molecular flexibility index (Phi) is 2.10. The summed E-state index contributed by atoms with van der Waals surface area (Å²) in [5.41, 5.74) is 14.0. The van der Waals surface area contributed by atoms with Crippen molar-refractivity contribution in [3.8, 4) is 11.4 Å². The zero-order valence-corrected chi connectivity index (χ0v) is 10.5. The molecule has 0 aliphatic heterocycles. The molecule has 4 N–H and O–H groups in total. The summed E-state index contributed by atoms with van der Waals surface area (Å²) in [5, 5.41) is 11.9. The van der Waals surface area contributed by atoms with E-state index in [0.717, 1.165) is 12.0 Å². The van der Waals surface area contributed by atoms with Crippen LogP contribution in [0.2, 0.25) is 0 Å². The third kappa shape index (κ3) is 1.61. The molecular formula is C12H16N6. The van der Waals surface area contributed by atoms with Crippen LogP contribution in [-0.2, 0) is 0 Å². The number of anilines is 2. The van der Waals surface area contributed by atoms with Crippen LogP contribution in [0.15, 0.2) is 18.2 Å². The molecule has 0 saturated heterocycles. The minimum atomic E-state index is 0.257. The first-order chi connectivity index (χ1) is 8.49. The molecule has 0 radical (unpaired) electrons. The molecule has 1 aliphatic carbocycles. The number of hydrogen-bond acceptors (Lipinski definition) is 5. The Morgan fingerprint density at radius 1 is 1.33 bits per heavy atom. The average molecular weight is 244 g/mol. The fourth-order valence-electron chi connectivity index (χ4n) is 2.22. The van der Waals surface area contributed by atoms with E-state index in [1.807, 2.05) is 16.8 Å². The molecule has 1 aromatic carbocycles. The van der Waals surface area contributed by atoms with Gasteiger partial charge in [0.15, 0.2) is 5.82 Å². The van der Waals surface area contributed by atoms with E-state index in [2.05, 4.69) is 29.4 Å². The molecule has 0 amide bonds. The van der Waals surface area contributed by atoms with Gasteiger partial charge >= 0.3 is 0 Å². The van der Waals surface area contributed by atoms with Crippen molar-refractivity contribution < 1.29 is 0 Å². The van der Waals surface area contributed by atoms with E-state index >= 15 is 0 Å². The molecule has 3 rings (SSSR count). The van der Waals surface area contributed by atoms with Gasteiger partial charge in [0.1, 0.15) is 0 Å². The molecule has 0 spiro atoms. The molecule has 1 saturated carbocycles. The summed E-state index contributed by atoms with van der Waals surface area (Å²) in [6.45, 7) is 4.41. The third-order valence-electron chi connectivity index (χ3n) is 3.57. The van der Waals surface area contributed by atoms with Crippen LogP contribution in [0.3, 0.4) is 0 Å². The van der Waals surface area contributed by atoms with E-state index in [-0.39, 0.29) is 5.41 Å². The molecule has 2 aromatic rings. The zero-order valence-electron chi connectivity index (χ0n) is 10.5. The van der Waals surface area contributed by atoms with Gasteiger partial charge in [-0.15, -0.1) is 5.10 Å². The second kappa shape index (κ2) is 3.44. The van der Waals surface area contributed by atoms with Gasteiger partial charge in [0.2, 0.25) is 0 Å². The predicted molar refractivity (Wildman–Crippen MR) is 69.5 cm³/mol. The molecule has 6 heteroatoms. The van der Waals surface area contributed by atoms with Crippen molar-refractivity contribution in [3.05, 3.63) is 18.2 Å². The number of benzene rings is 1.